The van der Waals surface area contributed by atoms with Crippen molar-refractivity contribution < 1.29 is 0 Å². The highest BCUT2D eigenvalue weighted by molar-refractivity contribution is 5.82. The molecular weight excluding hydrogens is 486 g/mol. The first-order valence-electron chi connectivity index (χ1n) is 13.7. The van der Waals surface area contributed by atoms with Gasteiger partial charge in [-0.3, -0.25) is 14.7 Å². The molecule has 3 aromatic heterocycles. The number of H-pyrrole nitrogens is 1. The summed E-state index contributed by atoms with van der Waals surface area (Å²) >= 11 is 0. The molecule has 0 unspecified atom stereocenters. The first-order chi connectivity index (χ1) is 19.2. The van der Waals surface area contributed by atoms with Crippen LogP contribution in [0.4, 0.5) is 0 Å². The Kier molecular flexibility index (Phi) is 7.27. The van der Waals surface area contributed by atoms with Crippen molar-refractivity contribution in [2.24, 2.45) is 0 Å². The zero-order valence-electron chi connectivity index (χ0n) is 22.2. The number of rotatable bonds is 8. The van der Waals surface area contributed by atoms with Crippen LogP contribution in [0, 0.1) is 6.92 Å². The highest BCUT2D eigenvalue weighted by Crippen LogP contribution is 2.34. The minimum atomic E-state index is -0.462. The Bertz CT molecular complexity index is 1550. The van der Waals surface area contributed by atoms with Gasteiger partial charge in [0, 0.05) is 31.0 Å². The van der Waals surface area contributed by atoms with Crippen LogP contribution in [0.1, 0.15) is 72.3 Å². The van der Waals surface area contributed by atoms with Crippen LogP contribution in [0.15, 0.2) is 83.9 Å². The van der Waals surface area contributed by atoms with Gasteiger partial charge in [0.1, 0.15) is 6.04 Å². The van der Waals surface area contributed by atoms with Crippen molar-refractivity contribution in [2.75, 3.05) is 0 Å². The van der Waals surface area contributed by atoms with E-state index in [2.05, 4.69) is 48.6 Å². The molecule has 0 amide bonds. The number of nitrogens with zero attached hydrogens (tertiary/aromatic N) is 6. The first kappa shape index (κ1) is 25.1. The Balaban J connectivity index is 1.53. The molecule has 0 aliphatic heterocycles. The number of benzene rings is 2. The molecular formula is C31H33N7O. The Morgan fingerprint density at radius 3 is 2.56 bits per heavy atom. The van der Waals surface area contributed by atoms with Crippen molar-refractivity contribution in [1.82, 2.24) is 35.1 Å². The molecule has 0 bridgehead atoms. The third-order valence-corrected chi connectivity index (χ3v) is 7.80. The maximum Gasteiger partial charge on any atom is 0.253 e. The van der Waals surface area contributed by atoms with E-state index in [-0.39, 0.29) is 11.6 Å². The number of pyridine rings is 2. The number of tetrazole rings is 1. The van der Waals surface area contributed by atoms with E-state index in [0.29, 0.717) is 24.5 Å². The molecule has 198 valence electrons. The molecule has 1 atom stereocenters. The largest absolute Gasteiger partial charge is 0.321 e. The standard InChI is InChI=1S/C31H33N7O/c1-22-10-8-14-25-18-27(31(39)33-28(22)25)29(30-34-35-36-38(30)26-15-6-3-7-16-26)37(20-23-11-4-2-5-12-23)21-24-13-9-17-32-19-24/h2,4-5,8-14,17-19,26,29H,3,6-7,15-16,20-21H2,1H3,(H,33,39)/t29-/m1/s1. The average Bonchev–Trinajstić information content (AvgIpc) is 3.45. The molecule has 0 radical (unpaired) electrons. The van der Waals surface area contributed by atoms with E-state index in [1.165, 1.54) is 6.42 Å². The lowest BCUT2D eigenvalue weighted by Crippen LogP contribution is -2.35. The van der Waals surface area contributed by atoms with Crippen molar-refractivity contribution in [3.63, 3.8) is 0 Å². The molecule has 1 aliphatic carbocycles. The number of hydrogen-bond donors (Lipinski definition) is 1. The van der Waals surface area contributed by atoms with Gasteiger partial charge in [0.2, 0.25) is 0 Å². The third-order valence-electron chi connectivity index (χ3n) is 7.80. The van der Waals surface area contributed by atoms with Crippen LogP contribution in [-0.2, 0) is 13.1 Å². The van der Waals surface area contributed by atoms with Gasteiger partial charge in [-0.05, 0) is 64.4 Å². The lowest BCUT2D eigenvalue weighted by atomic mass is 9.95. The second-order valence-corrected chi connectivity index (χ2v) is 10.5. The summed E-state index contributed by atoms with van der Waals surface area (Å²) in [4.78, 5) is 23.7. The highest BCUT2D eigenvalue weighted by Gasteiger charge is 2.33. The van der Waals surface area contributed by atoms with Gasteiger partial charge in [0.05, 0.1) is 11.6 Å². The number of aromatic nitrogens is 6. The van der Waals surface area contributed by atoms with Gasteiger partial charge in [-0.25, -0.2) is 4.68 Å². The van der Waals surface area contributed by atoms with Gasteiger partial charge in [-0.15, -0.1) is 5.10 Å². The number of nitrogens with one attached hydrogen (secondary N) is 1. The number of para-hydroxylation sites is 1. The van der Waals surface area contributed by atoms with Crippen molar-refractivity contribution in [3.8, 4) is 0 Å². The minimum Gasteiger partial charge on any atom is -0.321 e. The number of fused-ring (bicyclic) bond motifs is 1. The van der Waals surface area contributed by atoms with Gasteiger partial charge in [-0.1, -0.05) is 73.9 Å². The summed E-state index contributed by atoms with van der Waals surface area (Å²) in [6.45, 7) is 3.21. The Morgan fingerprint density at radius 2 is 1.77 bits per heavy atom. The zero-order valence-corrected chi connectivity index (χ0v) is 22.2. The second-order valence-electron chi connectivity index (χ2n) is 10.5. The Morgan fingerprint density at radius 1 is 0.974 bits per heavy atom. The van der Waals surface area contributed by atoms with Crippen LogP contribution >= 0.6 is 0 Å². The molecule has 8 heteroatoms. The predicted molar refractivity (Wildman–Crippen MR) is 151 cm³/mol. The maximum atomic E-state index is 13.8. The zero-order chi connectivity index (χ0) is 26.6. The summed E-state index contributed by atoms with van der Waals surface area (Å²) in [6.07, 6.45) is 9.30. The molecule has 5 aromatic rings. The second kappa shape index (κ2) is 11.3. The van der Waals surface area contributed by atoms with Crippen LogP contribution in [-0.4, -0.2) is 35.1 Å². The van der Waals surface area contributed by atoms with Crippen molar-refractivity contribution >= 4 is 10.9 Å². The van der Waals surface area contributed by atoms with E-state index in [4.69, 9.17) is 0 Å². The lowest BCUT2D eigenvalue weighted by molar-refractivity contribution is 0.186. The summed E-state index contributed by atoms with van der Waals surface area (Å²) in [5, 5.41) is 14.2. The van der Waals surface area contributed by atoms with E-state index in [1.807, 2.05) is 66.3 Å². The Hall–Kier alpha value is -4.17. The minimum absolute atomic E-state index is 0.121. The van der Waals surface area contributed by atoms with Crippen LogP contribution in [0.2, 0.25) is 0 Å². The highest BCUT2D eigenvalue weighted by atomic mass is 16.1. The number of aryl methyl sites for hydroxylation is 1. The SMILES string of the molecule is Cc1cccc2cc([C@H](c3nnnn3C3CCCCC3)N(Cc3ccccc3)Cc3cccnc3)c(=O)[nH]c12. The fourth-order valence-electron chi connectivity index (χ4n) is 5.85. The summed E-state index contributed by atoms with van der Waals surface area (Å²) in [5.74, 6) is 0.708. The van der Waals surface area contributed by atoms with Gasteiger partial charge in [0.25, 0.3) is 5.56 Å². The molecule has 6 rings (SSSR count). The quantitative estimate of drug-likeness (QED) is 0.290. The van der Waals surface area contributed by atoms with E-state index in [1.54, 1.807) is 6.20 Å². The maximum absolute atomic E-state index is 13.8. The molecule has 1 saturated carbocycles. The normalized spacial score (nSPS) is 15.1. The topological polar surface area (TPSA) is 92.6 Å². The molecule has 3 heterocycles. The summed E-state index contributed by atoms with van der Waals surface area (Å²) in [5.41, 5.74) is 4.62. The summed E-state index contributed by atoms with van der Waals surface area (Å²) in [6, 6.07) is 22.2. The third kappa shape index (κ3) is 5.38. The predicted octanol–water partition coefficient (Wildman–Crippen LogP) is 5.52. The van der Waals surface area contributed by atoms with Crippen molar-refractivity contribution in [2.45, 2.75) is 64.2 Å². The molecule has 1 aliphatic rings. The van der Waals surface area contributed by atoms with Crippen LogP contribution in [0.5, 0.6) is 0 Å². The van der Waals surface area contributed by atoms with E-state index in [0.717, 1.165) is 53.3 Å². The van der Waals surface area contributed by atoms with Gasteiger partial charge >= 0.3 is 0 Å². The van der Waals surface area contributed by atoms with Crippen LogP contribution < -0.4 is 5.56 Å². The van der Waals surface area contributed by atoms with Gasteiger partial charge in [0.15, 0.2) is 5.82 Å². The molecule has 8 nitrogen and oxygen atoms in total. The number of hydrogen-bond acceptors (Lipinski definition) is 6. The Labute approximate surface area is 227 Å². The fraction of sp³-hybridized carbons (Fsp3) is 0.323. The number of aromatic amines is 1. The van der Waals surface area contributed by atoms with Gasteiger partial charge in [-0.2, -0.15) is 0 Å². The smallest absolute Gasteiger partial charge is 0.253 e. The molecule has 0 spiro atoms. The van der Waals surface area contributed by atoms with Crippen molar-refractivity contribution in [1.29, 1.82) is 0 Å². The van der Waals surface area contributed by atoms with E-state index >= 15 is 0 Å². The molecule has 1 N–H and O–H groups in total. The van der Waals surface area contributed by atoms with Crippen LogP contribution in [0.3, 0.4) is 0 Å². The monoisotopic (exact) mass is 519 g/mol. The van der Waals surface area contributed by atoms with E-state index in [9.17, 15) is 4.79 Å². The molecule has 39 heavy (non-hydrogen) atoms. The lowest BCUT2D eigenvalue weighted by Gasteiger charge is -2.32. The van der Waals surface area contributed by atoms with Crippen LogP contribution in [0.25, 0.3) is 10.9 Å². The van der Waals surface area contributed by atoms with Crippen molar-refractivity contribution in [3.05, 3.63) is 118 Å². The molecule has 1 fully saturated rings. The summed E-state index contributed by atoms with van der Waals surface area (Å²) in [7, 11) is 0. The molecule has 2 aromatic carbocycles. The van der Waals surface area contributed by atoms with E-state index < -0.39 is 6.04 Å². The fourth-order valence-corrected chi connectivity index (χ4v) is 5.85. The first-order valence-corrected chi connectivity index (χ1v) is 13.7. The average molecular weight is 520 g/mol. The molecule has 0 saturated heterocycles. The van der Waals surface area contributed by atoms with Gasteiger partial charge < -0.3 is 4.98 Å². The summed E-state index contributed by atoms with van der Waals surface area (Å²) < 4.78 is 1.99.